The Labute approximate surface area is 110 Å². The van der Waals surface area contributed by atoms with Crippen LogP contribution in [0.3, 0.4) is 0 Å². The molecule has 0 radical (unpaired) electrons. The Morgan fingerprint density at radius 3 is 2.39 bits per heavy atom. The predicted molar refractivity (Wildman–Crippen MR) is 82.6 cm³/mol. The molecular formula is C18H22. The Morgan fingerprint density at radius 1 is 1.06 bits per heavy atom. The van der Waals surface area contributed by atoms with Crippen molar-refractivity contribution < 1.29 is 0 Å². The van der Waals surface area contributed by atoms with Crippen LogP contribution in [-0.4, -0.2) is 0 Å². The standard InChI is InChI=1S/C17H18.CH4/c1-4-5-6-9-15-12-13(2)16-10-7-8-11-17(16)14(15)3;/h4-11H,1,12H2,2-3H3;1H4/b6-5-,15-9+;. The smallest absolute Gasteiger partial charge is 0.00578 e. The fourth-order valence-electron chi connectivity index (χ4n) is 2.30. The van der Waals surface area contributed by atoms with Crippen LogP contribution >= 0.6 is 0 Å². The van der Waals surface area contributed by atoms with Crippen molar-refractivity contribution in [3.63, 3.8) is 0 Å². The summed E-state index contributed by atoms with van der Waals surface area (Å²) in [6.45, 7) is 8.11. The Balaban J connectivity index is 0.00000162. The lowest BCUT2D eigenvalue weighted by Gasteiger charge is -2.15. The van der Waals surface area contributed by atoms with Crippen molar-refractivity contribution in [2.75, 3.05) is 0 Å². The molecule has 1 aliphatic rings. The maximum atomic E-state index is 3.69. The number of allylic oxidation sites excluding steroid dienone is 5. The summed E-state index contributed by atoms with van der Waals surface area (Å²) in [5.74, 6) is 0. The number of benzene rings is 1. The van der Waals surface area contributed by atoms with E-state index in [0.717, 1.165) is 6.42 Å². The van der Waals surface area contributed by atoms with Gasteiger partial charge in [0, 0.05) is 0 Å². The molecule has 0 bridgehead atoms. The molecule has 94 valence electrons. The van der Waals surface area contributed by atoms with Crippen LogP contribution in [0.25, 0.3) is 11.1 Å². The Morgan fingerprint density at radius 2 is 1.72 bits per heavy atom. The molecule has 0 unspecified atom stereocenters. The zero-order valence-corrected chi connectivity index (χ0v) is 10.5. The van der Waals surface area contributed by atoms with Gasteiger partial charge in [-0.25, -0.2) is 0 Å². The van der Waals surface area contributed by atoms with E-state index in [1.165, 1.54) is 27.2 Å². The lowest BCUT2D eigenvalue weighted by molar-refractivity contribution is 1.20. The summed E-state index contributed by atoms with van der Waals surface area (Å²) in [6, 6.07) is 8.64. The summed E-state index contributed by atoms with van der Waals surface area (Å²) in [5.41, 5.74) is 4.24. The topological polar surface area (TPSA) is 0 Å². The lowest BCUT2D eigenvalue weighted by atomic mass is 9.90. The average Bonchev–Trinajstić information content (AvgIpc) is 2.36. The second-order valence-electron chi connectivity index (χ2n) is 4.44. The largest absolute Gasteiger partial charge is 0.0991 e. The molecule has 1 aliphatic carbocycles. The Kier molecular flexibility index (Phi) is 4.91. The molecule has 0 atom stereocenters. The van der Waals surface area contributed by atoms with Gasteiger partial charge in [0.1, 0.15) is 0 Å². The number of fused-ring (bicyclic) bond motifs is 1. The summed E-state index contributed by atoms with van der Waals surface area (Å²) in [7, 11) is 0. The van der Waals surface area contributed by atoms with Crippen molar-refractivity contribution >= 4 is 11.1 Å². The minimum Gasteiger partial charge on any atom is -0.0991 e. The van der Waals surface area contributed by atoms with E-state index in [1.807, 2.05) is 6.08 Å². The molecule has 0 amide bonds. The normalized spacial score (nSPS) is 16.7. The number of hydrogen-bond donors (Lipinski definition) is 0. The molecule has 0 heterocycles. The minimum atomic E-state index is 0. The number of hydrogen-bond acceptors (Lipinski definition) is 0. The van der Waals surface area contributed by atoms with Crippen molar-refractivity contribution in [2.24, 2.45) is 0 Å². The van der Waals surface area contributed by atoms with Crippen LogP contribution in [0.2, 0.25) is 0 Å². The maximum Gasteiger partial charge on any atom is -0.00578 e. The third kappa shape index (κ3) is 2.70. The first-order chi connectivity index (χ1) is 8.24. The third-order valence-corrected chi connectivity index (χ3v) is 3.27. The van der Waals surface area contributed by atoms with E-state index in [2.05, 4.69) is 56.8 Å². The van der Waals surface area contributed by atoms with Crippen LogP contribution < -0.4 is 10.4 Å². The molecule has 0 saturated heterocycles. The van der Waals surface area contributed by atoms with Gasteiger partial charge in [0.15, 0.2) is 0 Å². The first kappa shape index (κ1) is 14.2. The van der Waals surface area contributed by atoms with Crippen LogP contribution in [0, 0.1) is 0 Å². The zero-order valence-electron chi connectivity index (χ0n) is 10.5. The lowest BCUT2D eigenvalue weighted by Crippen LogP contribution is -2.31. The summed E-state index contributed by atoms with van der Waals surface area (Å²) >= 11 is 0. The second kappa shape index (κ2) is 6.20. The van der Waals surface area contributed by atoms with Gasteiger partial charge >= 0.3 is 0 Å². The summed E-state index contributed by atoms with van der Waals surface area (Å²) in [4.78, 5) is 0. The number of rotatable bonds is 2. The Hall–Kier alpha value is -1.82. The molecule has 18 heavy (non-hydrogen) atoms. The van der Waals surface area contributed by atoms with E-state index in [-0.39, 0.29) is 7.43 Å². The van der Waals surface area contributed by atoms with Gasteiger partial charge in [-0.05, 0) is 41.9 Å². The Bertz CT molecular complexity index is 610. The van der Waals surface area contributed by atoms with Crippen LogP contribution in [-0.2, 0) is 0 Å². The molecule has 1 aromatic rings. The van der Waals surface area contributed by atoms with Gasteiger partial charge in [-0.15, -0.1) is 0 Å². The first-order valence-corrected chi connectivity index (χ1v) is 5.98. The monoisotopic (exact) mass is 238 g/mol. The molecule has 0 saturated carbocycles. The van der Waals surface area contributed by atoms with Gasteiger partial charge in [0.05, 0.1) is 0 Å². The van der Waals surface area contributed by atoms with Gasteiger partial charge in [-0.1, -0.05) is 68.1 Å². The molecule has 0 aromatic heterocycles. The fraction of sp³-hybridized carbons (Fsp3) is 0.222. The second-order valence-corrected chi connectivity index (χ2v) is 4.44. The van der Waals surface area contributed by atoms with Crippen LogP contribution in [0.1, 0.15) is 27.7 Å². The molecule has 0 spiro atoms. The van der Waals surface area contributed by atoms with Crippen molar-refractivity contribution in [1.29, 1.82) is 0 Å². The molecular weight excluding hydrogens is 216 g/mol. The third-order valence-electron chi connectivity index (χ3n) is 3.27. The summed E-state index contributed by atoms with van der Waals surface area (Å²) in [6.07, 6.45) is 9.07. The molecule has 0 aliphatic heterocycles. The quantitative estimate of drug-likeness (QED) is 0.689. The van der Waals surface area contributed by atoms with Crippen molar-refractivity contribution in [2.45, 2.75) is 27.7 Å². The minimum absolute atomic E-state index is 0. The van der Waals surface area contributed by atoms with Gasteiger partial charge in [0.25, 0.3) is 0 Å². The highest BCUT2D eigenvalue weighted by molar-refractivity contribution is 5.71. The van der Waals surface area contributed by atoms with Crippen molar-refractivity contribution in [1.82, 2.24) is 0 Å². The average molecular weight is 238 g/mol. The summed E-state index contributed by atoms with van der Waals surface area (Å²) in [5, 5.41) is 2.77. The highest BCUT2D eigenvalue weighted by Crippen LogP contribution is 2.20. The molecule has 0 N–H and O–H groups in total. The maximum absolute atomic E-state index is 3.69. The molecule has 1 aromatic carbocycles. The van der Waals surface area contributed by atoms with Crippen molar-refractivity contribution in [3.8, 4) is 0 Å². The van der Waals surface area contributed by atoms with E-state index in [1.54, 1.807) is 6.08 Å². The van der Waals surface area contributed by atoms with E-state index in [4.69, 9.17) is 0 Å². The zero-order chi connectivity index (χ0) is 12.3. The highest BCUT2D eigenvalue weighted by atomic mass is 14.1. The summed E-state index contributed by atoms with van der Waals surface area (Å²) < 4.78 is 0. The fourth-order valence-corrected chi connectivity index (χ4v) is 2.30. The van der Waals surface area contributed by atoms with Crippen LogP contribution in [0.15, 0.2) is 60.7 Å². The molecule has 2 rings (SSSR count). The highest BCUT2D eigenvalue weighted by Gasteiger charge is 2.08. The van der Waals surface area contributed by atoms with Crippen LogP contribution in [0.4, 0.5) is 0 Å². The van der Waals surface area contributed by atoms with Gasteiger partial charge < -0.3 is 0 Å². The van der Waals surface area contributed by atoms with Gasteiger partial charge in [-0.3, -0.25) is 0 Å². The van der Waals surface area contributed by atoms with Gasteiger partial charge in [0.2, 0.25) is 0 Å². The molecule has 0 fully saturated rings. The predicted octanol–water partition coefficient (Wildman–Crippen LogP) is 3.74. The van der Waals surface area contributed by atoms with Crippen LogP contribution in [0.5, 0.6) is 0 Å². The van der Waals surface area contributed by atoms with E-state index in [9.17, 15) is 0 Å². The molecule has 0 heteroatoms. The first-order valence-electron chi connectivity index (χ1n) is 5.98. The van der Waals surface area contributed by atoms with E-state index in [0.29, 0.717) is 0 Å². The van der Waals surface area contributed by atoms with E-state index >= 15 is 0 Å². The van der Waals surface area contributed by atoms with E-state index < -0.39 is 0 Å². The van der Waals surface area contributed by atoms with Gasteiger partial charge in [-0.2, -0.15) is 0 Å². The van der Waals surface area contributed by atoms with Crippen molar-refractivity contribution in [3.05, 3.63) is 71.2 Å². The molecule has 0 nitrogen and oxygen atoms in total. The SMILES string of the molecule is C.C=C/C=C\C=C1/CC(C)=c2ccccc2=C1C.